The van der Waals surface area contributed by atoms with E-state index in [1.807, 2.05) is 4.98 Å². The number of hydrogen-bond acceptors (Lipinski definition) is 5. The number of nitrogens with one attached hydrogen (secondary N) is 3. The molecule has 0 saturated carbocycles. The van der Waals surface area contributed by atoms with Crippen LogP contribution in [-0.2, 0) is 16.1 Å². The summed E-state index contributed by atoms with van der Waals surface area (Å²) in [7, 11) is 0. The predicted molar refractivity (Wildman–Crippen MR) is 81.3 cm³/mol. The lowest BCUT2D eigenvalue weighted by Gasteiger charge is -2.07. The van der Waals surface area contributed by atoms with Gasteiger partial charge in [0, 0.05) is 17.6 Å². The van der Waals surface area contributed by atoms with Crippen molar-refractivity contribution in [2.75, 3.05) is 6.61 Å². The number of carbonyl (C=O) groups excluding carboxylic acids is 2. The monoisotopic (exact) mass is 337 g/mol. The van der Waals surface area contributed by atoms with E-state index >= 15 is 0 Å². The van der Waals surface area contributed by atoms with E-state index in [1.165, 1.54) is 0 Å². The molecule has 1 amide bonds. The van der Waals surface area contributed by atoms with Crippen molar-refractivity contribution in [3.8, 4) is 0 Å². The Labute approximate surface area is 134 Å². The van der Waals surface area contributed by atoms with E-state index in [1.54, 1.807) is 24.3 Å². The Kier molecular flexibility index (Phi) is 5.32. The first kappa shape index (κ1) is 16.5. The predicted octanol–water partition coefficient (Wildman–Crippen LogP) is 0.190. The average molecular weight is 338 g/mol. The minimum atomic E-state index is -0.985. The van der Waals surface area contributed by atoms with Crippen LogP contribution in [0, 0.1) is 0 Å². The van der Waals surface area contributed by atoms with Gasteiger partial charge in [0.2, 0.25) is 0 Å². The fraction of sp³-hybridized carbons (Fsp3) is 0.143. The third-order valence-corrected chi connectivity index (χ3v) is 3.12. The SMILES string of the molecule is O=C(COC(=O)c1cc(=O)[nH]c(=O)[nH]1)NCc1ccccc1Cl. The summed E-state index contributed by atoms with van der Waals surface area (Å²) in [4.78, 5) is 49.4. The first-order valence-electron chi connectivity index (χ1n) is 6.46. The molecule has 2 rings (SSSR count). The molecule has 0 fully saturated rings. The van der Waals surface area contributed by atoms with Crippen LogP contribution in [0.2, 0.25) is 5.02 Å². The highest BCUT2D eigenvalue weighted by molar-refractivity contribution is 6.31. The first-order valence-corrected chi connectivity index (χ1v) is 6.84. The molecule has 120 valence electrons. The van der Waals surface area contributed by atoms with Gasteiger partial charge in [0.25, 0.3) is 11.5 Å². The molecule has 2 aromatic rings. The normalized spacial score (nSPS) is 10.1. The van der Waals surface area contributed by atoms with Crippen LogP contribution in [0.3, 0.4) is 0 Å². The van der Waals surface area contributed by atoms with Gasteiger partial charge in [-0.25, -0.2) is 9.59 Å². The minimum absolute atomic E-state index is 0.178. The van der Waals surface area contributed by atoms with Crippen LogP contribution < -0.4 is 16.6 Å². The van der Waals surface area contributed by atoms with E-state index in [0.29, 0.717) is 10.6 Å². The summed E-state index contributed by atoms with van der Waals surface area (Å²) < 4.78 is 4.71. The zero-order valence-electron chi connectivity index (χ0n) is 11.7. The molecular formula is C14H12ClN3O5. The number of aromatic amines is 2. The molecule has 8 nitrogen and oxygen atoms in total. The summed E-state index contributed by atoms with van der Waals surface area (Å²) in [6.45, 7) is -0.379. The highest BCUT2D eigenvalue weighted by Gasteiger charge is 2.12. The number of rotatable bonds is 5. The van der Waals surface area contributed by atoms with Gasteiger partial charge in [-0.15, -0.1) is 0 Å². The van der Waals surface area contributed by atoms with Crippen LogP contribution in [-0.4, -0.2) is 28.5 Å². The van der Waals surface area contributed by atoms with E-state index in [2.05, 4.69) is 10.3 Å². The molecule has 0 unspecified atom stereocenters. The summed E-state index contributed by atoms with van der Waals surface area (Å²) in [5.74, 6) is -1.54. The molecular weight excluding hydrogens is 326 g/mol. The molecule has 3 N–H and O–H groups in total. The maximum atomic E-state index is 11.6. The van der Waals surface area contributed by atoms with Gasteiger partial charge in [-0.05, 0) is 11.6 Å². The quantitative estimate of drug-likeness (QED) is 0.672. The number of hydrogen-bond donors (Lipinski definition) is 3. The van der Waals surface area contributed by atoms with Gasteiger partial charge >= 0.3 is 11.7 Å². The minimum Gasteiger partial charge on any atom is -0.451 e. The molecule has 0 spiro atoms. The third-order valence-electron chi connectivity index (χ3n) is 2.75. The van der Waals surface area contributed by atoms with Gasteiger partial charge in [0.05, 0.1) is 0 Å². The molecule has 0 saturated heterocycles. The number of ether oxygens (including phenoxy) is 1. The smallest absolute Gasteiger partial charge is 0.355 e. The van der Waals surface area contributed by atoms with Crippen molar-refractivity contribution in [1.29, 1.82) is 0 Å². The number of amides is 1. The van der Waals surface area contributed by atoms with Crippen LogP contribution in [0.1, 0.15) is 16.1 Å². The molecule has 0 aliphatic carbocycles. The van der Waals surface area contributed by atoms with Gasteiger partial charge in [-0.3, -0.25) is 14.6 Å². The van der Waals surface area contributed by atoms with Crippen LogP contribution in [0.25, 0.3) is 0 Å². The van der Waals surface area contributed by atoms with Gasteiger partial charge in [0.1, 0.15) is 5.69 Å². The standard InChI is InChI=1S/C14H12ClN3O5/c15-9-4-2-1-3-8(9)6-16-12(20)7-23-13(21)10-5-11(19)18-14(22)17-10/h1-5H,6-7H2,(H,16,20)(H2,17,18,19,22). The van der Waals surface area contributed by atoms with Gasteiger partial charge < -0.3 is 15.0 Å². The van der Waals surface area contributed by atoms with Crippen LogP contribution in [0.4, 0.5) is 0 Å². The third kappa shape index (κ3) is 4.82. The molecule has 1 aromatic carbocycles. The molecule has 9 heteroatoms. The number of H-pyrrole nitrogens is 2. The number of aromatic nitrogens is 2. The van der Waals surface area contributed by atoms with Crippen LogP contribution in [0.15, 0.2) is 39.9 Å². The lowest BCUT2D eigenvalue weighted by Crippen LogP contribution is -2.30. The number of benzene rings is 1. The molecule has 0 bridgehead atoms. The lowest BCUT2D eigenvalue weighted by molar-refractivity contribution is -0.124. The van der Waals surface area contributed by atoms with Crippen LogP contribution >= 0.6 is 11.6 Å². The highest BCUT2D eigenvalue weighted by Crippen LogP contribution is 2.14. The summed E-state index contributed by atoms with van der Waals surface area (Å²) in [5.41, 5.74) is -1.21. The summed E-state index contributed by atoms with van der Waals surface area (Å²) in [5, 5.41) is 3.03. The summed E-state index contributed by atoms with van der Waals surface area (Å²) in [6.07, 6.45) is 0. The topological polar surface area (TPSA) is 121 Å². The highest BCUT2D eigenvalue weighted by atomic mass is 35.5. The van der Waals surface area contributed by atoms with E-state index in [9.17, 15) is 19.2 Å². The Morgan fingerprint density at radius 1 is 1.17 bits per heavy atom. The maximum absolute atomic E-state index is 11.6. The van der Waals surface area contributed by atoms with Crippen molar-refractivity contribution in [3.05, 3.63) is 67.4 Å². The van der Waals surface area contributed by atoms with Crippen molar-refractivity contribution in [2.24, 2.45) is 0 Å². The Hall–Kier alpha value is -2.87. The Morgan fingerprint density at radius 2 is 1.91 bits per heavy atom. The van der Waals surface area contributed by atoms with Crippen molar-refractivity contribution in [2.45, 2.75) is 6.54 Å². The van der Waals surface area contributed by atoms with Gasteiger partial charge in [-0.2, -0.15) is 0 Å². The van der Waals surface area contributed by atoms with Crippen molar-refractivity contribution < 1.29 is 14.3 Å². The van der Waals surface area contributed by atoms with E-state index in [-0.39, 0.29) is 12.2 Å². The van der Waals surface area contributed by atoms with E-state index in [4.69, 9.17) is 16.3 Å². The molecule has 1 aromatic heterocycles. The molecule has 0 atom stereocenters. The fourth-order valence-corrected chi connectivity index (χ4v) is 1.88. The zero-order chi connectivity index (χ0) is 16.8. The second-order valence-electron chi connectivity index (χ2n) is 4.45. The Balaban J connectivity index is 1.87. The largest absolute Gasteiger partial charge is 0.451 e. The maximum Gasteiger partial charge on any atom is 0.355 e. The van der Waals surface area contributed by atoms with E-state index < -0.39 is 29.7 Å². The molecule has 1 heterocycles. The van der Waals surface area contributed by atoms with Gasteiger partial charge in [-0.1, -0.05) is 29.8 Å². The number of carbonyl (C=O) groups is 2. The molecule has 0 radical (unpaired) electrons. The number of esters is 1. The van der Waals surface area contributed by atoms with E-state index in [0.717, 1.165) is 6.07 Å². The van der Waals surface area contributed by atoms with Crippen molar-refractivity contribution >= 4 is 23.5 Å². The fourth-order valence-electron chi connectivity index (χ4n) is 1.67. The van der Waals surface area contributed by atoms with Crippen LogP contribution in [0.5, 0.6) is 0 Å². The Morgan fingerprint density at radius 3 is 2.61 bits per heavy atom. The zero-order valence-corrected chi connectivity index (χ0v) is 12.5. The van der Waals surface area contributed by atoms with Crippen molar-refractivity contribution in [1.82, 2.24) is 15.3 Å². The first-order chi connectivity index (χ1) is 11.0. The molecule has 0 aliphatic rings. The summed E-state index contributed by atoms with van der Waals surface area (Å²) >= 11 is 5.94. The Bertz CT molecular complexity index is 814. The molecule has 23 heavy (non-hydrogen) atoms. The molecule has 0 aliphatic heterocycles. The lowest BCUT2D eigenvalue weighted by atomic mass is 10.2. The van der Waals surface area contributed by atoms with Crippen molar-refractivity contribution in [3.63, 3.8) is 0 Å². The second kappa shape index (κ2) is 7.41. The summed E-state index contributed by atoms with van der Waals surface area (Å²) in [6, 6.07) is 7.84. The second-order valence-corrected chi connectivity index (χ2v) is 4.85. The average Bonchev–Trinajstić information content (AvgIpc) is 2.51. The number of halogens is 1. The van der Waals surface area contributed by atoms with Gasteiger partial charge in [0.15, 0.2) is 6.61 Å².